The molecule has 0 radical (unpaired) electrons. The average Bonchev–Trinajstić information content (AvgIpc) is 3.04. The van der Waals surface area contributed by atoms with Crippen molar-refractivity contribution in [1.82, 2.24) is 4.90 Å². The molecule has 2 aliphatic heterocycles. The number of carbonyl (C=O) groups excluding carboxylic acids is 1. The van der Waals surface area contributed by atoms with Gasteiger partial charge in [0.15, 0.2) is 0 Å². The Balaban J connectivity index is 1.55. The van der Waals surface area contributed by atoms with Crippen LogP contribution in [0.5, 0.6) is 5.75 Å². The highest BCUT2D eigenvalue weighted by atomic mass is 79.9. The molecular weight excluding hydrogens is 322 g/mol. The lowest BCUT2D eigenvalue weighted by molar-refractivity contribution is -0.144. The van der Waals surface area contributed by atoms with E-state index in [-0.39, 0.29) is 18.0 Å². The molecule has 2 unspecified atom stereocenters. The SMILES string of the molecule is COC(=O)C1CCN(CC2Cc3cc(Br)ccc3O2)C1. The fraction of sp³-hybridized carbons (Fsp3) is 0.533. The molecule has 20 heavy (non-hydrogen) atoms. The number of nitrogens with zero attached hydrogens (tertiary/aromatic N) is 1. The first-order valence-electron chi connectivity index (χ1n) is 6.91. The van der Waals surface area contributed by atoms with E-state index in [0.29, 0.717) is 0 Å². The molecule has 3 rings (SSSR count). The molecule has 0 aliphatic carbocycles. The second kappa shape index (κ2) is 5.74. The summed E-state index contributed by atoms with van der Waals surface area (Å²) in [5.74, 6) is 0.923. The number of likely N-dealkylation sites (tertiary alicyclic amines) is 1. The van der Waals surface area contributed by atoms with Gasteiger partial charge in [0.1, 0.15) is 11.9 Å². The van der Waals surface area contributed by atoms with Crippen molar-refractivity contribution in [2.75, 3.05) is 26.7 Å². The Bertz CT molecular complexity index is 520. The van der Waals surface area contributed by atoms with Crippen LogP contribution in [-0.2, 0) is 16.0 Å². The van der Waals surface area contributed by atoms with Gasteiger partial charge in [-0.05, 0) is 36.7 Å². The Labute approximate surface area is 127 Å². The summed E-state index contributed by atoms with van der Waals surface area (Å²) in [5.41, 5.74) is 1.26. The molecule has 1 saturated heterocycles. The zero-order valence-electron chi connectivity index (χ0n) is 11.5. The largest absolute Gasteiger partial charge is 0.488 e. The van der Waals surface area contributed by atoms with E-state index in [1.54, 1.807) is 0 Å². The number of hydrogen-bond acceptors (Lipinski definition) is 4. The van der Waals surface area contributed by atoms with Crippen molar-refractivity contribution in [3.8, 4) is 5.75 Å². The highest BCUT2D eigenvalue weighted by Crippen LogP contribution is 2.32. The number of ether oxygens (including phenoxy) is 2. The van der Waals surface area contributed by atoms with Gasteiger partial charge in [-0.3, -0.25) is 9.69 Å². The fourth-order valence-corrected chi connectivity index (χ4v) is 3.44. The lowest BCUT2D eigenvalue weighted by Crippen LogP contribution is -2.34. The van der Waals surface area contributed by atoms with Crippen LogP contribution in [0.3, 0.4) is 0 Å². The third kappa shape index (κ3) is 2.83. The minimum absolute atomic E-state index is 0.0259. The standard InChI is InChI=1S/C15H18BrNO3/c1-19-15(18)10-4-5-17(8-10)9-13-7-11-6-12(16)2-3-14(11)20-13/h2-3,6,10,13H,4-5,7-9H2,1H3. The van der Waals surface area contributed by atoms with Gasteiger partial charge in [0.2, 0.25) is 0 Å². The lowest BCUT2D eigenvalue weighted by Gasteiger charge is -2.19. The number of methoxy groups -OCH3 is 1. The molecule has 4 nitrogen and oxygen atoms in total. The lowest BCUT2D eigenvalue weighted by atomic mass is 10.1. The Morgan fingerprint density at radius 3 is 3.20 bits per heavy atom. The Morgan fingerprint density at radius 1 is 1.55 bits per heavy atom. The third-order valence-corrected chi connectivity index (χ3v) is 4.53. The first-order valence-corrected chi connectivity index (χ1v) is 7.70. The third-order valence-electron chi connectivity index (χ3n) is 4.03. The van der Waals surface area contributed by atoms with Crippen molar-refractivity contribution in [2.24, 2.45) is 5.92 Å². The highest BCUT2D eigenvalue weighted by molar-refractivity contribution is 9.10. The molecular formula is C15H18BrNO3. The molecule has 0 amide bonds. The van der Waals surface area contributed by atoms with Gasteiger partial charge < -0.3 is 9.47 Å². The predicted octanol–water partition coefficient (Wildman–Crippen LogP) is 2.25. The number of hydrogen-bond donors (Lipinski definition) is 0. The maximum Gasteiger partial charge on any atom is 0.310 e. The van der Waals surface area contributed by atoms with Crippen molar-refractivity contribution >= 4 is 21.9 Å². The molecule has 0 N–H and O–H groups in total. The van der Waals surface area contributed by atoms with Gasteiger partial charge in [0, 0.05) is 24.0 Å². The normalized spacial score (nSPS) is 25.3. The van der Waals surface area contributed by atoms with Crippen molar-refractivity contribution in [3.63, 3.8) is 0 Å². The van der Waals surface area contributed by atoms with Crippen molar-refractivity contribution < 1.29 is 14.3 Å². The smallest absolute Gasteiger partial charge is 0.310 e. The number of esters is 1. The summed E-state index contributed by atoms with van der Waals surface area (Å²) in [7, 11) is 1.46. The average molecular weight is 340 g/mol. The van der Waals surface area contributed by atoms with E-state index in [2.05, 4.69) is 26.9 Å². The van der Waals surface area contributed by atoms with E-state index >= 15 is 0 Å². The minimum Gasteiger partial charge on any atom is -0.488 e. The molecule has 1 aromatic carbocycles. The van der Waals surface area contributed by atoms with E-state index in [9.17, 15) is 4.79 Å². The molecule has 5 heteroatoms. The van der Waals surface area contributed by atoms with Crippen molar-refractivity contribution in [3.05, 3.63) is 28.2 Å². The summed E-state index contributed by atoms with van der Waals surface area (Å²) in [6.45, 7) is 2.60. The molecule has 0 spiro atoms. The van der Waals surface area contributed by atoms with Crippen molar-refractivity contribution in [2.45, 2.75) is 18.9 Å². The molecule has 0 saturated carbocycles. The van der Waals surface area contributed by atoms with Crippen molar-refractivity contribution in [1.29, 1.82) is 0 Å². The Hall–Kier alpha value is -1.07. The van der Waals surface area contributed by atoms with Gasteiger partial charge in [-0.1, -0.05) is 15.9 Å². The minimum atomic E-state index is -0.0907. The quantitative estimate of drug-likeness (QED) is 0.792. The first-order chi connectivity index (χ1) is 9.65. The number of fused-ring (bicyclic) bond motifs is 1. The van der Waals surface area contributed by atoms with Gasteiger partial charge in [-0.2, -0.15) is 0 Å². The van der Waals surface area contributed by atoms with Gasteiger partial charge >= 0.3 is 5.97 Å². The number of benzene rings is 1. The zero-order valence-corrected chi connectivity index (χ0v) is 13.1. The van der Waals surface area contributed by atoms with E-state index in [4.69, 9.17) is 9.47 Å². The van der Waals surface area contributed by atoms with Crippen LogP contribution in [0.4, 0.5) is 0 Å². The van der Waals surface area contributed by atoms with Crippen LogP contribution in [0.2, 0.25) is 0 Å². The number of carbonyl (C=O) groups is 1. The van der Waals surface area contributed by atoms with Gasteiger partial charge in [0.05, 0.1) is 13.0 Å². The first kappa shape index (κ1) is 13.9. The van der Waals surface area contributed by atoms with E-state index in [1.165, 1.54) is 12.7 Å². The summed E-state index contributed by atoms with van der Waals surface area (Å²) in [5, 5.41) is 0. The number of halogens is 1. The Kier molecular flexibility index (Phi) is 3.98. The van der Waals surface area contributed by atoms with Crippen LogP contribution in [0.15, 0.2) is 22.7 Å². The summed E-state index contributed by atoms with van der Waals surface area (Å²) < 4.78 is 11.9. The van der Waals surface area contributed by atoms with E-state index in [0.717, 1.165) is 42.7 Å². The topological polar surface area (TPSA) is 38.8 Å². The maximum absolute atomic E-state index is 11.5. The van der Waals surface area contributed by atoms with Gasteiger partial charge in [-0.25, -0.2) is 0 Å². The molecule has 0 aromatic heterocycles. The monoisotopic (exact) mass is 339 g/mol. The molecule has 2 heterocycles. The summed E-state index contributed by atoms with van der Waals surface area (Å²) >= 11 is 3.49. The number of rotatable bonds is 3. The van der Waals surface area contributed by atoms with Gasteiger partial charge in [0.25, 0.3) is 0 Å². The molecule has 2 atom stereocenters. The summed E-state index contributed by atoms with van der Waals surface area (Å²) in [4.78, 5) is 13.8. The zero-order chi connectivity index (χ0) is 14.1. The highest BCUT2D eigenvalue weighted by Gasteiger charge is 2.32. The van der Waals surface area contributed by atoms with E-state index in [1.807, 2.05) is 12.1 Å². The molecule has 1 aromatic rings. The van der Waals surface area contributed by atoms with Gasteiger partial charge in [-0.15, -0.1) is 0 Å². The van der Waals surface area contributed by atoms with Crippen LogP contribution < -0.4 is 4.74 Å². The van der Waals surface area contributed by atoms with Crippen LogP contribution in [-0.4, -0.2) is 43.7 Å². The second-order valence-corrected chi connectivity index (χ2v) is 6.38. The predicted molar refractivity (Wildman–Crippen MR) is 78.8 cm³/mol. The van der Waals surface area contributed by atoms with E-state index < -0.39 is 0 Å². The second-order valence-electron chi connectivity index (χ2n) is 5.46. The fourth-order valence-electron chi connectivity index (χ4n) is 3.04. The Morgan fingerprint density at radius 2 is 2.40 bits per heavy atom. The van der Waals surface area contributed by atoms with Crippen LogP contribution in [0.1, 0.15) is 12.0 Å². The van der Waals surface area contributed by atoms with Crippen LogP contribution in [0, 0.1) is 5.92 Å². The molecule has 2 aliphatic rings. The van der Waals surface area contributed by atoms with Crippen LogP contribution >= 0.6 is 15.9 Å². The molecule has 0 bridgehead atoms. The molecule has 108 valence electrons. The molecule has 1 fully saturated rings. The summed E-state index contributed by atoms with van der Waals surface area (Å²) in [6, 6.07) is 6.14. The van der Waals surface area contributed by atoms with Crippen LogP contribution in [0.25, 0.3) is 0 Å². The summed E-state index contributed by atoms with van der Waals surface area (Å²) in [6.07, 6.45) is 2.02. The maximum atomic E-state index is 11.5.